The number of anilines is 1. The third kappa shape index (κ3) is 4.53. The summed E-state index contributed by atoms with van der Waals surface area (Å²) in [5, 5.41) is 0. The number of nitrogens with zero attached hydrogens (tertiary/aromatic N) is 2. The zero-order valence-electron chi connectivity index (χ0n) is 20.8. The number of Topliss-reactive ketones (excluding diaryl/α,β-unsaturated/α-hetero) is 1. The summed E-state index contributed by atoms with van der Waals surface area (Å²) in [6, 6.07) is 19.4. The van der Waals surface area contributed by atoms with Crippen molar-refractivity contribution in [1.82, 2.24) is 4.90 Å². The molecule has 2 aliphatic rings. The fraction of sp³-hybridized carbons (Fsp3) is 0.241. The van der Waals surface area contributed by atoms with Crippen LogP contribution in [0.4, 0.5) is 5.69 Å². The topological polar surface area (TPSA) is 84.0 Å². The van der Waals surface area contributed by atoms with Gasteiger partial charge in [-0.1, -0.05) is 48.5 Å². The molecule has 3 aromatic rings. The summed E-state index contributed by atoms with van der Waals surface area (Å²) < 4.78 is 33.8. The maximum Gasteiger partial charge on any atom is 0.264 e. The number of hydrogen-bond acceptors (Lipinski definition) is 5. The molecule has 1 amide bonds. The van der Waals surface area contributed by atoms with E-state index in [0.29, 0.717) is 43.1 Å². The first-order valence-electron chi connectivity index (χ1n) is 12.3. The standard InChI is InChI=1S/C29H28N2O5S/c1-3-36-27-11-7-6-10-26(27)30(2)37(34,35)23-14-12-21-13-15-24(28(32)25(21)18-23)29(33)31-17-16-20-8-4-5-9-22(20)19-31/h4-12,14-15,18H,3,13,16-17,19H2,1-2H3. The van der Waals surface area contributed by atoms with Crippen LogP contribution >= 0.6 is 0 Å². The summed E-state index contributed by atoms with van der Waals surface area (Å²) in [4.78, 5) is 28.5. The van der Waals surface area contributed by atoms with Crippen LogP contribution in [0.5, 0.6) is 5.75 Å². The molecule has 0 aromatic heterocycles. The van der Waals surface area contributed by atoms with Gasteiger partial charge in [0.15, 0.2) is 5.78 Å². The molecule has 0 bridgehead atoms. The number of ether oxygens (including phenoxy) is 1. The molecule has 0 atom stereocenters. The first kappa shape index (κ1) is 24.8. The molecule has 37 heavy (non-hydrogen) atoms. The third-order valence-corrected chi connectivity index (χ3v) is 8.68. The summed E-state index contributed by atoms with van der Waals surface area (Å²) in [5.41, 5.74) is 3.73. The number of benzene rings is 3. The van der Waals surface area contributed by atoms with Gasteiger partial charge in [0.25, 0.3) is 15.9 Å². The van der Waals surface area contributed by atoms with Crippen LogP contribution < -0.4 is 9.04 Å². The SMILES string of the molecule is CCOc1ccccc1N(C)S(=O)(=O)c1ccc2c(c1)C(=O)C(C(=O)N1CCc3ccccc3C1)=CC2. The second kappa shape index (κ2) is 9.86. The van der Waals surface area contributed by atoms with Crippen molar-refractivity contribution in [3.63, 3.8) is 0 Å². The fourth-order valence-corrected chi connectivity index (χ4v) is 6.09. The van der Waals surface area contributed by atoms with E-state index in [9.17, 15) is 18.0 Å². The minimum Gasteiger partial charge on any atom is -0.492 e. The molecular weight excluding hydrogens is 488 g/mol. The van der Waals surface area contributed by atoms with Gasteiger partial charge in [0, 0.05) is 25.7 Å². The van der Waals surface area contributed by atoms with E-state index in [1.54, 1.807) is 41.3 Å². The molecule has 1 aliphatic heterocycles. The lowest BCUT2D eigenvalue weighted by Gasteiger charge is -2.30. The van der Waals surface area contributed by atoms with E-state index in [1.807, 2.05) is 25.1 Å². The third-order valence-electron chi connectivity index (χ3n) is 6.91. The Kier molecular flexibility index (Phi) is 6.60. The highest BCUT2D eigenvalue weighted by molar-refractivity contribution is 7.92. The highest BCUT2D eigenvalue weighted by Gasteiger charge is 2.32. The van der Waals surface area contributed by atoms with Gasteiger partial charge >= 0.3 is 0 Å². The lowest BCUT2D eigenvalue weighted by molar-refractivity contribution is -0.127. The molecule has 0 saturated heterocycles. The first-order valence-corrected chi connectivity index (χ1v) is 13.7. The van der Waals surface area contributed by atoms with Crippen molar-refractivity contribution in [2.24, 2.45) is 0 Å². The van der Waals surface area contributed by atoms with Crippen LogP contribution in [0.2, 0.25) is 0 Å². The van der Waals surface area contributed by atoms with Crippen LogP contribution in [-0.4, -0.2) is 45.2 Å². The Bertz CT molecular complexity index is 1530. The minimum absolute atomic E-state index is 0.0194. The van der Waals surface area contributed by atoms with Gasteiger partial charge in [-0.15, -0.1) is 0 Å². The van der Waals surface area contributed by atoms with Crippen LogP contribution in [0.1, 0.15) is 34.0 Å². The van der Waals surface area contributed by atoms with Crippen LogP contribution in [0.25, 0.3) is 0 Å². The number of para-hydroxylation sites is 2. The summed E-state index contributed by atoms with van der Waals surface area (Å²) in [7, 11) is -2.54. The molecule has 0 unspecified atom stereocenters. The van der Waals surface area contributed by atoms with Crippen molar-refractivity contribution in [3.05, 3.63) is 101 Å². The number of hydrogen-bond donors (Lipinski definition) is 0. The molecular formula is C29H28N2O5S. The van der Waals surface area contributed by atoms with E-state index in [-0.39, 0.29) is 21.9 Å². The van der Waals surface area contributed by atoms with Gasteiger partial charge in [-0.2, -0.15) is 0 Å². The van der Waals surface area contributed by atoms with E-state index in [2.05, 4.69) is 6.07 Å². The molecule has 7 nitrogen and oxygen atoms in total. The number of amides is 1. The maximum atomic E-state index is 13.5. The van der Waals surface area contributed by atoms with Gasteiger partial charge < -0.3 is 9.64 Å². The molecule has 0 fully saturated rings. The normalized spacial score (nSPS) is 14.9. The lowest BCUT2D eigenvalue weighted by Crippen LogP contribution is -2.39. The Morgan fingerprint density at radius 1 is 1.00 bits per heavy atom. The Morgan fingerprint density at radius 3 is 2.51 bits per heavy atom. The molecule has 1 aliphatic carbocycles. The van der Waals surface area contributed by atoms with Gasteiger partial charge in [0.2, 0.25) is 0 Å². The van der Waals surface area contributed by atoms with E-state index in [4.69, 9.17) is 4.74 Å². The molecule has 0 N–H and O–H groups in total. The number of carbonyl (C=O) groups is 2. The van der Waals surface area contributed by atoms with Crippen molar-refractivity contribution in [2.45, 2.75) is 31.2 Å². The molecule has 3 aromatic carbocycles. The second-order valence-electron chi connectivity index (χ2n) is 9.09. The predicted molar refractivity (Wildman–Crippen MR) is 141 cm³/mol. The molecule has 0 saturated carbocycles. The summed E-state index contributed by atoms with van der Waals surface area (Å²) in [6.07, 6.45) is 2.78. The largest absolute Gasteiger partial charge is 0.492 e. The Hall–Kier alpha value is -3.91. The summed E-state index contributed by atoms with van der Waals surface area (Å²) >= 11 is 0. The van der Waals surface area contributed by atoms with Gasteiger partial charge in [-0.3, -0.25) is 13.9 Å². The van der Waals surface area contributed by atoms with E-state index >= 15 is 0 Å². The quantitative estimate of drug-likeness (QED) is 0.460. The van der Waals surface area contributed by atoms with Gasteiger partial charge in [0.1, 0.15) is 5.75 Å². The Labute approximate surface area is 217 Å². The Balaban J connectivity index is 1.41. The zero-order valence-corrected chi connectivity index (χ0v) is 21.6. The molecule has 1 heterocycles. The predicted octanol–water partition coefficient (Wildman–Crippen LogP) is 4.16. The lowest BCUT2D eigenvalue weighted by atomic mass is 9.89. The zero-order chi connectivity index (χ0) is 26.2. The number of fused-ring (bicyclic) bond motifs is 2. The number of carbonyl (C=O) groups excluding carboxylic acids is 2. The van der Waals surface area contributed by atoms with Crippen LogP contribution in [0.3, 0.4) is 0 Å². The highest BCUT2D eigenvalue weighted by Crippen LogP contribution is 2.33. The number of rotatable bonds is 6. The fourth-order valence-electron chi connectivity index (χ4n) is 4.86. The highest BCUT2D eigenvalue weighted by atomic mass is 32.2. The van der Waals surface area contributed by atoms with E-state index < -0.39 is 15.8 Å². The average molecular weight is 517 g/mol. The monoisotopic (exact) mass is 516 g/mol. The minimum atomic E-state index is -4.00. The maximum absolute atomic E-state index is 13.5. The second-order valence-corrected chi connectivity index (χ2v) is 11.1. The van der Waals surface area contributed by atoms with Crippen molar-refractivity contribution >= 4 is 27.4 Å². The molecule has 8 heteroatoms. The van der Waals surface area contributed by atoms with Gasteiger partial charge in [0.05, 0.1) is 22.8 Å². The van der Waals surface area contributed by atoms with Crippen LogP contribution in [-0.2, 0) is 34.2 Å². The van der Waals surface area contributed by atoms with Crippen LogP contribution in [0, 0.1) is 0 Å². The van der Waals surface area contributed by atoms with Crippen molar-refractivity contribution < 1.29 is 22.7 Å². The molecule has 0 spiro atoms. The van der Waals surface area contributed by atoms with Crippen molar-refractivity contribution in [1.29, 1.82) is 0 Å². The number of ketones is 1. The van der Waals surface area contributed by atoms with Crippen molar-refractivity contribution in [3.8, 4) is 5.75 Å². The molecule has 190 valence electrons. The van der Waals surface area contributed by atoms with E-state index in [1.165, 1.54) is 24.7 Å². The number of sulfonamides is 1. The smallest absolute Gasteiger partial charge is 0.264 e. The molecule has 5 rings (SSSR count). The number of allylic oxidation sites excluding steroid dienone is 1. The summed E-state index contributed by atoms with van der Waals surface area (Å²) in [6.45, 7) is 3.20. The Morgan fingerprint density at radius 2 is 1.73 bits per heavy atom. The van der Waals surface area contributed by atoms with Crippen molar-refractivity contribution in [2.75, 3.05) is 24.5 Å². The van der Waals surface area contributed by atoms with Gasteiger partial charge in [-0.25, -0.2) is 8.42 Å². The van der Waals surface area contributed by atoms with Gasteiger partial charge in [-0.05, 0) is 60.7 Å². The summed E-state index contributed by atoms with van der Waals surface area (Å²) in [5.74, 6) is -0.315. The molecule has 0 radical (unpaired) electrons. The average Bonchev–Trinajstić information content (AvgIpc) is 2.92. The van der Waals surface area contributed by atoms with Crippen LogP contribution in [0.15, 0.2) is 83.3 Å². The van der Waals surface area contributed by atoms with E-state index in [0.717, 1.165) is 16.3 Å². The first-order chi connectivity index (χ1) is 17.8.